The van der Waals surface area contributed by atoms with Crippen molar-refractivity contribution < 1.29 is 49.3 Å². The summed E-state index contributed by atoms with van der Waals surface area (Å²) >= 11 is 0. The second-order valence-electron chi connectivity index (χ2n) is 19.7. The molecule has 410 valence electrons. The second kappa shape index (κ2) is 48.1. The van der Waals surface area contributed by atoms with Gasteiger partial charge < -0.3 is 45.1 Å². The van der Waals surface area contributed by atoms with Crippen LogP contribution < -0.4 is 5.32 Å². The van der Waals surface area contributed by atoms with Gasteiger partial charge in [-0.05, 0) is 89.9 Å². The molecule has 1 heterocycles. The summed E-state index contributed by atoms with van der Waals surface area (Å²) in [5.74, 6) is -1.23. The number of aliphatic hydroxyl groups excluding tert-OH is 5. The molecule has 1 rings (SSSR count). The van der Waals surface area contributed by atoms with Gasteiger partial charge >= 0.3 is 5.97 Å². The number of carbonyl (C=O) groups is 2. The van der Waals surface area contributed by atoms with Gasteiger partial charge in [0.1, 0.15) is 24.4 Å². The van der Waals surface area contributed by atoms with Crippen LogP contribution in [-0.4, -0.2) is 99.6 Å². The molecule has 0 aromatic carbocycles. The molecule has 8 unspecified atom stereocenters. The maximum absolute atomic E-state index is 13.4. The molecule has 11 nitrogen and oxygen atoms in total. The second-order valence-corrected chi connectivity index (χ2v) is 19.7. The van der Waals surface area contributed by atoms with E-state index in [0.29, 0.717) is 12.8 Å². The fourth-order valence-corrected chi connectivity index (χ4v) is 8.47. The van der Waals surface area contributed by atoms with Gasteiger partial charge in [0, 0.05) is 6.42 Å². The average molecular weight is 1000 g/mol. The third-order valence-corrected chi connectivity index (χ3v) is 13.1. The number of ether oxygens (including phenoxy) is 3. The first-order valence-electron chi connectivity index (χ1n) is 28.7. The number of amides is 1. The van der Waals surface area contributed by atoms with Crippen molar-refractivity contribution in [3.8, 4) is 0 Å². The van der Waals surface area contributed by atoms with Gasteiger partial charge in [0.15, 0.2) is 12.4 Å². The number of rotatable bonds is 47. The quantitative estimate of drug-likeness (QED) is 0.0149. The highest BCUT2D eigenvalue weighted by Crippen LogP contribution is 2.26. The first-order valence-corrected chi connectivity index (χ1v) is 28.7. The number of allylic oxidation sites excluding steroid dienone is 11. The highest BCUT2D eigenvalue weighted by molar-refractivity contribution is 5.80. The summed E-state index contributed by atoms with van der Waals surface area (Å²) in [5, 5.41) is 56.7. The molecule has 1 aliphatic rings. The molecular formula is C60H105NO10. The first-order chi connectivity index (χ1) is 34.7. The van der Waals surface area contributed by atoms with Gasteiger partial charge in [-0.25, -0.2) is 0 Å². The number of nitrogens with one attached hydrogen (secondary N) is 1. The van der Waals surface area contributed by atoms with Crippen LogP contribution in [0.1, 0.15) is 233 Å². The van der Waals surface area contributed by atoms with E-state index in [2.05, 4.69) is 86.8 Å². The van der Waals surface area contributed by atoms with Crippen molar-refractivity contribution in [2.24, 2.45) is 0 Å². The first kappa shape index (κ1) is 66.1. The molecule has 0 radical (unpaired) electrons. The van der Waals surface area contributed by atoms with Crippen molar-refractivity contribution in [2.45, 2.75) is 282 Å². The number of hydrogen-bond acceptors (Lipinski definition) is 10. The standard InChI is InChI=1S/C60H105NO10/c1-4-7-10-13-16-19-22-24-26-27-28-30-33-36-39-42-45-48-55(65)71-58-57(67)56(66)54(49-62)70-60(58)69-50-51(52(63)46-43-40-37-34-31-21-18-15-12-9-6-3)61-59(68)53(64)47-44-41-38-35-32-29-25-23-20-17-14-11-8-5-2/h16-17,19-20,23-26,28,30,43,46,51-54,56-58,60,62-64,66-67H,4-15,18,21-22,27,29,31-42,44-45,47-50H2,1-3H3,(H,61,68)/b19-16-,20-17+,25-23+,26-24-,30-28-,46-43+. The Kier molecular flexibility index (Phi) is 44.8. The van der Waals surface area contributed by atoms with E-state index in [1.807, 2.05) is 6.08 Å². The molecule has 0 aromatic heterocycles. The predicted molar refractivity (Wildman–Crippen MR) is 292 cm³/mol. The summed E-state index contributed by atoms with van der Waals surface area (Å²) in [6.45, 7) is 5.68. The van der Waals surface area contributed by atoms with Gasteiger partial charge in [-0.15, -0.1) is 0 Å². The molecule has 1 saturated heterocycles. The van der Waals surface area contributed by atoms with E-state index in [1.165, 1.54) is 77.0 Å². The summed E-state index contributed by atoms with van der Waals surface area (Å²) in [5.41, 5.74) is 0. The zero-order valence-corrected chi connectivity index (χ0v) is 45.1. The van der Waals surface area contributed by atoms with Crippen LogP contribution in [0.4, 0.5) is 0 Å². The number of esters is 1. The molecule has 0 bridgehead atoms. The Morgan fingerprint density at radius 3 is 1.56 bits per heavy atom. The summed E-state index contributed by atoms with van der Waals surface area (Å²) in [6.07, 6.45) is 49.4. The Morgan fingerprint density at radius 1 is 0.563 bits per heavy atom. The molecular weight excluding hydrogens is 895 g/mol. The minimum Gasteiger partial charge on any atom is -0.454 e. The number of aliphatic hydroxyl groups is 5. The van der Waals surface area contributed by atoms with E-state index in [4.69, 9.17) is 14.2 Å². The Hall–Kier alpha value is -2.90. The van der Waals surface area contributed by atoms with E-state index in [0.717, 1.165) is 109 Å². The topological polar surface area (TPSA) is 175 Å². The van der Waals surface area contributed by atoms with Crippen LogP contribution in [-0.2, 0) is 23.8 Å². The lowest BCUT2D eigenvalue weighted by Gasteiger charge is -2.41. The van der Waals surface area contributed by atoms with Gasteiger partial charge in [-0.3, -0.25) is 9.59 Å². The van der Waals surface area contributed by atoms with Crippen LogP contribution >= 0.6 is 0 Å². The van der Waals surface area contributed by atoms with Crippen LogP contribution in [0.5, 0.6) is 0 Å². The van der Waals surface area contributed by atoms with E-state index in [-0.39, 0.29) is 19.4 Å². The molecule has 8 atom stereocenters. The Morgan fingerprint density at radius 2 is 1.01 bits per heavy atom. The predicted octanol–water partition coefficient (Wildman–Crippen LogP) is 12.8. The molecule has 0 aliphatic carbocycles. The van der Waals surface area contributed by atoms with Crippen molar-refractivity contribution in [2.75, 3.05) is 13.2 Å². The van der Waals surface area contributed by atoms with Crippen LogP contribution in [0.2, 0.25) is 0 Å². The van der Waals surface area contributed by atoms with E-state index in [9.17, 15) is 35.1 Å². The van der Waals surface area contributed by atoms with E-state index >= 15 is 0 Å². The zero-order valence-electron chi connectivity index (χ0n) is 45.1. The van der Waals surface area contributed by atoms with Crippen LogP contribution in [0.3, 0.4) is 0 Å². The van der Waals surface area contributed by atoms with Crippen molar-refractivity contribution in [3.63, 3.8) is 0 Å². The molecule has 1 amide bonds. The molecule has 0 aromatic rings. The third-order valence-electron chi connectivity index (χ3n) is 13.1. The normalized spacial score (nSPS) is 20.1. The summed E-state index contributed by atoms with van der Waals surface area (Å²) < 4.78 is 17.5. The average Bonchev–Trinajstić information content (AvgIpc) is 3.37. The minimum absolute atomic E-state index is 0.0939. The molecule has 0 saturated carbocycles. The van der Waals surface area contributed by atoms with Gasteiger partial charge in [0.25, 0.3) is 0 Å². The molecule has 6 N–H and O–H groups in total. The Labute approximate surface area is 432 Å². The lowest BCUT2D eigenvalue weighted by Crippen LogP contribution is -2.61. The Bertz CT molecular complexity index is 1430. The fraction of sp³-hybridized carbons (Fsp3) is 0.767. The van der Waals surface area contributed by atoms with E-state index in [1.54, 1.807) is 6.08 Å². The SMILES string of the molecule is CCCCC/C=C\C/C=C\C/C=C\CCCCCCC(=O)OC1C(OCC(NC(=O)C(O)CCCCCCC/C=C/C=C/CCCCC)C(O)/C=C/CCCCCCCCCCC)OC(CO)C(O)C1O. The van der Waals surface area contributed by atoms with Gasteiger partial charge in [-0.1, -0.05) is 209 Å². The molecule has 11 heteroatoms. The maximum atomic E-state index is 13.4. The minimum atomic E-state index is -1.63. The van der Waals surface area contributed by atoms with Crippen molar-refractivity contribution in [3.05, 3.63) is 72.9 Å². The number of carbonyl (C=O) groups excluding carboxylic acids is 2. The van der Waals surface area contributed by atoms with Gasteiger partial charge in [-0.2, -0.15) is 0 Å². The van der Waals surface area contributed by atoms with Crippen LogP contribution in [0.15, 0.2) is 72.9 Å². The summed E-state index contributed by atoms with van der Waals surface area (Å²) in [7, 11) is 0. The zero-order chi connectivity index (χ0) is 51.8. The van der Waals surface area contributed by atoms with Gasteiger partial charge in [0.2, 0.25) is 5.91 Å². The molecule has 1 fully saturated rings. The largest absolute Gasteiger partial charge is 0.454 e. The lowest BCUT2D eigenvalue weighted by molar-refractivity contribution is -0.305. The molecule has 1 aliphatic heterocycles. The monoisotopic (exact) mass is 1000 g/mol. The van der Waals surface area contributed by atoms with Crippen LogP contribution in [0.25, 0.3) is 0 Å². The number of hydrogen-bond donors (Lipinski definition) is 6. The van der Waals surface area contributed by atoms with E-state index < -0.39 is 67.4 Å². The third kappa shape index (κ3) is 36.6. The van der Waals surface area contributed by atoms with Crippen molar-refractivity contribution >= 4 is 11.9 Å². The van der Waals surface area contributed by atoms with Crippen LogP contribution in [0, 0.1) is 0 Å². The maximum Gasteiger partial charge on any atom is 0.306 e. The molecule has 71 heavy (non-hydrogen) atoms. The van der Waals surface area contributed by atoms with Crippen molar-refractivity contribution in [1.29, 1.82) is 0 Å². The Balaban J connectivity index is 2.75. The number of unbranched alkanes of at least 4 members (excludes halogenated alkanes) is 24. The fourth-order valence-electron chi connectivity index (χ4n) is 8.47. The van der Waals surface area contributed by atoms with Gasteiger partial charge in [0.05, 0.1) is 25.4 Å². The summed E-state index contributed by atoms with van der Waals surface area (Å²) in [4.78, 5) is 26.4. The van der Waals surface area contributed by atoms with Crippen molar-refractivity contribution in [1.82, 2.24) is 5.32 Å². The smallest absolute Gasteiger partial charge is 0.306 e. The molecule has 0 spiro atoms. The highest BCUT2D eigenvalue weighted by atomic mass is 16.7. The highest BCUT2D eigenvalue weighted by Gasteiger charge is 2.47. The lowest BCUT2D eigenvalue weighted by atomic mass is 9.99. The summed E-state index contributed by atoms with van der Waals surface area (Å²) in [6, 6.07) is -1.04.